The summed E-state index contributed by atoms with van der Waals surface area (Å²) >= 11 is 0. The third-order valence-electron chi connectivity index (χ3n) is 9.89. The van der Waals surface area contributed by atoms with Crippen molar-refractivity contribution in [3.63, 3.8) is 0 Å². The molecule has 1 unspecified atom stereocenters. The quantitative estimate of drug-likeness (QED) is 0.106. The van der Waals surface area contributed by atoms with E-state index in [1.54, 1.807) is 95.9 Å². The Kier molecular flexibility index (Phi) is 10.2. The van der Waals surface area contributed by atoms with Crippen molar-refractivity contribution >= 4 is 17.5 Å². The lowest BCUT2D eigenvalue weighted by atomic mass is 9.82. The van der Waals surface area contributed by atoms with Gasteiger partial charge in [0.2, 0.25) is 0 Å². The summed E-state index contributed by atoms with van der Waals surface area (Å²) in [4.78, 5) is 18.6. The third kappa shape index (κ3) is 7.43. The molecule has 4 heterocycles. The molecule has 0 bridgehead atoms. The number of nitrogens with one attached hydrogen (secondary N) is 1. The van der Waals surface area contributed by atoms with Gasteiger partial charge in [0.15, 0.2) is 6.29 Å². The van der Waals surface area contributed by atoms with Crippen LogP contribution >= 0.6 is 0 Å². The Labute approximate surface area is 305 Å². The number of halogens is 6. The Morgan fingerprint density at radius 1 is 0.870 bits per heavy atom. The van der Waals surface area contributed by atoms with Crippen molar-refractivity contribution in [2.75, 3.05) is 23.3 Å². The molecule has 0 spiro atoms. The minimum Gasteiger partial charge on any atom is -0.382 e. The van der Waals surface area contributed by atoms with Crippen LogP contribution in [0.25, 0.3) is 0 Å². The number of piperidine rings is 1. The van der Waals surface area contributed by atoms with Crippen LogP contribution < -0.4 is 10.2 Å². The third-order valence-corrected chi connectivity index (χ3v) is 9.89. The van der Waals surface area contributed by atoms with Gasteiger partial charge in [-0.2, -0.15) is 31.4 Å². The molecule has 0 radical (unpaired) electrons. The van der Waals surface area contributed by atoms with Gasteiger partial charge in [-0.05, 0) is 35.6 Å². The average molecular weight is 752 g/mol. The van der Waals surface area contributed by atoms with Crippen molar-refractivity contribution in [3.05, 3.63) is 142 Å². The summed E-state index contributed by atoms with van der Waals surface area (Å²) in [5, 5.41) is 28.8. The Hall–Kier alpha value is -5.25. The highest BCUT2D eigenvalue weighted by Gasteiger charge is 2.55. The highest BCUT2D eigenvalue weighted by molar-refractivity contribution is 5.97. The number of benzene rings is 3. The number of ether oxygens (including phenoxy) is 1. The Bertz CT molecular complexity index is 2030. The standard InChI is InChI=1S/C39H35F6N5O4/c40-38(41,42)28-21-46-29(20-27(28)37(53)54-22-23-10-4-1-5-11-23)49-18-16-24(17-19-49)32-30-31(39(43,44)45)34(51)36(52)47-35(30)50(48-32)33(25-12-6-2-7-13-25)26-14-8-3-9-15-26/h1-15,20-21,24,31,33-34,37,51,53H,16-19,22H2,(H,47,52)/t31-,34-,37?/m1/s1. The van der Waals surface area contributed by atoms with Gasteiger partial charge in [0.25, 0.3) is 5.91 Å². The number of rotatable bonds is 9. The summed E-state index contributed by atoms with van der Waals surface area (Å²) in [5.41, 5.74) is 0.0851. The summed E-state index contributed by atoms with van der Waals surface area (Å²) < 4.78 is 93.2. The fourth-order valence-electron chi connectivity index (χ4n) is 7.27. The maximum Gasteiger partial charge on any atom is 0.418 e. The molecule has 9 nitrogen and oxygen atoms in total. The molecule has 1 fully saturated rings. The molecular weight excluding hydrogens is 716 g/mol. The number of carbonyl (C=O) groups excluding carboxylic acids is 1. The van der Waals surface area contributed by atoms with E-state index in [0.717, 1.165) is 6.07 Å². The molecule has 15 heteroatoms. The van der Waals surface area contributed by atoms with E-state index >= 15 is 0 Å². The predicted octanol–water partition coefficient (Wildman–Crippen LogP) is 7.49. The van der Waals surface area contributed by atoms with Crippen LogP contribution in [-0.2, 0) is 22.3 Å². The molecule has 2 aromatic heterocycles. The minimum atomic E-state index is -5.01. The molecule has 1 amide bonds. The van der Waals surface area contributed by atoms with Crippen molar-refractivity contribution in [2.45, 2.75) is 62.1 Å². The van der Waals surface area contributed by atoms with Crippen LogP contribution in [0.5, 0.6) is 0 Å². The van der Waals surface area contributed by atoms with Crippen molar-refractivity contribution in [3.8, 4) is 0 Å². The molecule has 54 heavy (non-hydrogen) atoms. The van der Waals surface area contributed by atoms with Gasteiger partial charge >= 0.3 is 12.4 Å². The number of aromatic nitrogens is 3. The summed E-state index contributed by atoms with van der Waals surface area (Å²) in [6.45, 7) is 0.178. The molecular formula is C39H35F6N5O4. The number of hydrogen-bond donors (Lipinski definition) is 3. The zero-order valence-corrected chi connectivity index (χ0v) is 28.5. The second kappa shape index (κ2) is 14.9. The van der Waals surface area contributed by atoms with E-state index in [0.29, 0.717) is 22.9 Å². The van der Waals surface area contributed by atoms with Crippen LogP contribution in [0.1, 0.15) is 76.1 Å². The molecule has 5 aromatic rings. The summed E-state index contributed by atoms with van der Waals surface area (Å²) in [6, 6.07) is 27.0. The number of aliphatic hydroxyl groups excluding tert-OH is 2. The number of alkyl halides is 6. The Morgan fingerprint density at radius 3 is 2.00 bits per heavy atom. The van der Waals surface area contributed by atoms with Crippen LogP contribution in [0.15, 0.2) is 103 Å². The number of aliphatic hydroxyl groups is 2. The lowest BCUT2D eigenvalue weighted by Gasteiger charge is -2.35. The first kappa shape index (κ1) is 37.1. The smallest absolute Gasteiger partial charge is 0.382 e. The molecule has 0 saturated carbocycles. The molecule has 2 aliphatic heterocycles. The van der Waals surface area contributed by atoms with Crippen LogP contribution in [0.4, 0.5) is 38.0 Å². The maximum absolute atomic E-state index is 14.8. The number of fused-ring (bicyclic) bond motifs is 1. The fraction of sp³-hybridized carbons (Fsp3) is 0.308. The van der Waals surface area contributed by atoms with Crippen LogP contribution in [0, 0.1) is 0 Å². The largest absolute Gasteiger partial charge is 0.418 e. The predicted molar refractivity (Wildman–Crippen MR) is 185 cm³/mol. The normalized spacial score (nSPS) is 18.8. The average Bonchev–Trinajstić information content (AvgIpc) is 3.52. The van der Waals surface area contributed by atoms with E-state index in [4.69, 9.17) is 9.84 Å². The first-order valence-electron chi connectivity index (χ1n) is 17.2. The van der Waals surface area contributed by atoms with E-state index in [1.807, 2.05) is 0 Å². The Morgan fingerprint density at radius 2 is 1.44 bits per heavy atom. The number of pyridine rings is 1. The van der Waals surface area contributed by atoms with Gasteiger partial charge in [0, 0.05) is 36.3 Å². The topological polar surface area (TPSA) is 113 Å². The van der Waals surface area contributed by atoms with Crippen LogP contribution in [0.3, 0.4) is 0 Å². The van der Waals surface area contributed by atoms with E-state index in [9.17, 15) is 41.4 Å². The molecule has 2 aliphatic rings. The molecule has 3 atom stereocenters. The van der Waals surface area contributed by atoms with Gasteiger partial charge in [-0.1, -0.05) is 91.0 Å². The Balaban J connectivity index is 1.22. The van der Waals surface area contributed by atoms with Crippen LogP contribution in [0.2, 0.25) is 0 Å². The highest BCUT2D eigenvalue weighted by atomic mass is 19.4. The summed E-state index contributed by atoms with van der Waals surface area (Å²) in [5.74, 6) is -4.39. The zero-order valence-electron chi connectivity index (χ0n) is 28.5. The molecule has 3 aromatic carbocycles. The van der Waals surface area contributed by atoms with Crippen LogP contribution in [-0.4, -0.2) is 56.3 Å². The molecule has 282 valence electrons. The number of nitrogens with zero attached hydrogens (tertiary/aromatic N) is 4. The minimum absolute atomic E-state index is 0.0636. The fourth-order valence-corrected chi connectivity index (χ4v) is 7.27. The van der Waals surface area contributed by atoms with E-state index in [2.05, 4.69) is 10.3 Å². The number of amides is 1. The SMILES string of the molecule is O=C1Nc2c(c(C3CCN(c4cc(C(O)OCc5ccccc5)c(C(F)(F)F)cn4)CC3)nn2C(c2ccccc2)c2ccccc2)[C@@H](C(F)(F)F)[C@H]1O. The second-order valence-electron chi connectivity index (χ2n) is 13.3. The van der Waals surface area contributed by atoms with Gasteiger partial charge < -0.3 is 25.2 Å². The van der Waals surface area contributed by atoms with Gasteiger partial charge in [-0.15, -0.1) is 0 Å². The van der Waals surface area contributed by atoms with Gasteiger partial charge in [0.1, 0.15) is 29.7 Å². The summed E-state index contributed by atoms with van der Waals surface area (Å²) in [6.07, 6.45) is -13.1. The van der Waals surface area contributed by atoms with Gasteiger partial charge in [-0.3, -0.25) is 4.79 Å². The monoisotopic (exact) mass is 751 g/mol. The highest BCUT2D eigenvalue weighted by Crippen LogP contribution is 2.49. The number of carbonyl (C=O) groups is 1. The molecule has 3 N–H and O–H groups in total. The summed E-state index contributed by atoms with van der Waals surface area (Å²) in [7, 11) is 0. The lowest BCUT2D eigenvalue weighted by molar-refractivity contribution is -0.177. The number of hydrogen-bond acceptors (Lipinski definition) is 7. The lowest BCUT2D eigenvalue weighted by Crippen LogP contribution is -2.45. The second-order valence-corrected chi connectivity index (χ2v) is 13.3. The first-order chi connectivity index (χ1) is 25.8. The van der Waals surface area contributed by atoms with Crippen molar-refractivity contribution in [1.29, 1.82) is 0 Å². The van der Waals surface area contributed by atoms with Gasteiger partial charge in [0.05, 0.1) is 17.9 Å². The van der Waals surface area contributed by atoms with Gasteiger partial charge in [-0.25, -0.2) is 9.67 Å². The van der Waals surface area contributed by atoms with Crippen molar-refractivity contribution in [2.24, 2.45) is 0 Å². The molecule has 0 aliphatic carbocycles. The van der Waals surface area contributed by atoms with Crippen molar-refractivity contribution in [1.82, 2.24) is 14.8 Å². The van der Waals surface area contributed by atoms with E-state index in [-0.39, 0.29) is 55.4 Å². The molecule has 1 saturated heterocycles. The maximum atomic E-state index is 14.8. The van der Waals surface area contributed by atoms with E-state index in [1.165, 1.54) is 4.68 Å². The molecule has 7 rings (SSSR count). The van der Waals surface area contributed by atoms with E-state index < -0.39 is 59.7 Å². The zero-order chi connectivity index (χ0) is 38.2. The number of anilines is 2. The first-order valence-corrected chi connectivity index (χ1v) is 17.2. The van der Waals surface area contributed by atoms with Crippen molar-refractivity contribution < 1.29 is 46.1 Å².